The molecule has 0 radical (unpaired) electrons. The lowest BCUT2D eigenvalue weighted by Crippen LogP contribution is -1.99. The van der Waals surface area contributed by atoms with Crippen LogP contribution in [0.2, 0.25) is 10.3 Å². The number of halogens is 2. The Morgan fingerprint density at radius 1 is 1.18 bits per heavy atom. The summed E-state index contributed by atoms with van der Waals surface area (Å²) < 4.78 is 0. The number of hydrogen-bond donors (Lipinski definition) is 1. The minimum atomic E-state index is 0.279. The topological polar surface area (TPSA) is 37.8 Å². The van der Waals surface area contributed by atoms with Crippen LogP contribution in [0.5, 0.6) is 0 Å². The Hall–Kier alpha value is -1.36. The van der Waals surface area contributed by atoms with Gasteiger partial charge in [0.25, 0.3) is 0 Å². The zero-order chi connectivity index (χ0) is 15.3. The number of thiophene rings is 1. The van der Waals surface area contributed by atoms with Gasteiger partial charge in [-0.05, 0) is 67.1 Å². The van der Waals surface area contributed by atoms with Crippen LogP contribution in [-0.4, -0.2) is 9.97 Å². The molecule has 3 nitrogen and oxygen atoms in total. The molecule has 0 unspecified atom stereocenters. The van der Waals surface area contributed by atoms with Crippen molar-refractivity contribution in [3.05, 3.63) is 44.5 Å². The van der Waals surface area contributed by atoms with E-state index in [1.165, 1.54) is 16.9 Å². The van der Waals surface area contributed by atoms with Gasteiger partial charge >= 0.3 is 0 Å². The van der Waals surface area contributed by atoms with Crippen LogP contribution in [-0.2, 0) is 12.8 Å². The number of hydrogen-bond acceptors (Lipinski definition) is 4. The van der Waals surface area contributed by atoms with Crippen molar-refractivity contribution in [2.75, 3.05) is 5.32 Å². The molecule has 2 aromatic heterocycles. The molecule has 0 saturated carbocycles. The molecule has 0 bridgehead atoms. The first-order valence-electron chi connectivity index (χ1n) is 7.13. The van der Waals surface area contributed by atoms with Crippen molar-refractivity contribution >= 4 is 56.3 Å². The number of nitrogens with zero attached hydrogens (tertiary/aromatic N) is 2. The first-order chi connectivity index (χ1) is 10.6. The molecule has 0 aliphatic heterocycles. The van der Waals surface area contributed by atoms with E-state index in [4.69, 9.17) is 23.2 Å². The van der Waals surface area contributed by atoms with Crippen LogP contribution in [0.4, 0.5) is 11.5 Å². The lowest BCUT2D eigenvalue weighted by molar-refractivity contribution is 0.917. The number of aromatic nitrogens is 2. The maximum absolute atomic E-state index is 6.10. The molecule has 1 N–H and O–H groups in total. The van der Waals surface area contributed by atoms with E-state index in [0.29, 0.717) is 0 Å². The molecular weight excluding hydrogens is 337 g/mol. The molecule has 0 amide bonds. The maximum Gasteiger partial charge on any atom is 0.225 e. The van der Waals surface area contributed by atoms with Gasteiger partial charge in [-0.1, -0.05) is 11.6 Å². The molecule has 3 aromatic rings. The third kappa shape index (κ3) is 2.35. The van der Waals surface area contributed by atoms with E-state index in [2.05, 4.69) is 15.3 Å². The zero-order valence-corrected chi connectivity index (χ0v) is 14.2. The third-order valence-electron chi connectivity index (χ3n) is 3.98. The van der Waals surface area contributed by atoms with Crippen molar-refractivity contribution in [2.24, 2.45) is 0 Å². The maximum atomic E-state index is 6.10. The van der Waals surface area contributed by atoms with Gasteiger partial charge in [-0.2, -0.15) is 4.98 Å². The smallest absolute Gasteiger partial charge is 0.225 e. The molecule has 6 heteroatoms. The molecule has 2 heterocycles. The van der Waals surface area contributed by atoms with E-state index in [9.17, 15) is 0 Å². The van der Waals surface area contributed by atoms with Gasteiger partial charge in [0.1, 0.15) is 10.6 Å². The van der Waals surface area contributed by atoms with Crippen LogP contribution in [0.3, 0.4) is 0 Å². The molecule has 0 fully saturated rings. The largest absolute Gasteiger partial charge is 0.339 e. The lowest BCUT2D eigenvalue weighted by atomic mass is 10.1. The van der Waals surface area contributed by atoms with Gasteiger partial charge < -0.3 is 5.32 Å². The van der Waals surface area contributed by atoms with E-state index in [0.717, 1.165) is 45.1 Å². The molecule has 1 aromatic carbocycles. The van der Waals surface area contributed by atoms with Crippen molar-refractivity contribution in [1.82, 2.24) is 9.97 Å². The first-order valence-corrected chi connectivity index (χ1v) is 8.70. The first kappa shape index (κ1) is 14.2. The number of rotatable bonds is 2. The Bertz CT molecular complexity index is 889. The fourth-order valence-electron chi connectivity index (χ4n) is 2.96. The molecule has 0 saturated heterocycles. The van der Waals surface area contributed by atoms with E-state index in [-0.39, 0.29) is 5.28 Å². The third-order valence-corrected chi connectivity index (χ3v) is 5.57. The van der Waals surface area contributed by atoms with E-state index in [1.54, 1.807) is 11.3 Å². The Morgan fingerprint density at radius 2 is 2.05 bits per heavy atom. The summed E-state index contributed by atoms with van der Waals surface area (Å²) in [6.07, 6.45) is 3.43. The van der Waals surface area contributed by atoms with Crippen molar-refractivity contribution in [1.29, 1.82) is 0 Å². The monoisotopic (exact) mass is 349 g/mol. The molecular formula is C16H13Cl2N3S. The Kier molecular flexibility index (Phi) is 3.48. The van der Waals surface area contributed by atoms with Crippen molar-refractivity contribution in [2.45, 2.75) is 26.2 Å². The standard InChI is InChI=1S/C16H13Cl2N3S/c1-8-7-9(17)5-6-11(8)19-14-13-10-3-2-4-12(10)22-15(13)21-16(18)20-14/h5-7H,2-4H2,1H3,(H,19,20,21). The predicted octanol–water partition coefficient (Wildman–Crippen LogP) is 5.54. The summed E-state index contributed by atoms with van der Waals surface area (Å²) in [6.45, 7) is 2.02. The predicted molar refractivity (Wildman–Crippen MR) is 93.9 cm³/mol. The number of benzene rings is 1. The molecule has 0 atom stereocenters. The molecule has 1 aliphatic carbocycles. The summed E-state index contributed by atoms with van der Waals surface area (Å²) in [4.78, 5) is 11.2. The van der Waals surface area contributed by atoms with Gasteiger partial charge in [0.15, 0.2) is 0 Å². The van der Waals surface area contributed by atoms with Crippen LogP contribution < -0.4 is 5.32 Å². The SMILES string of the molecule is Cc1cc(Cl)ccc1Nc1nc(Cl)nc2sc3c(c12)CCC3. The highest BCUT2D eigenvalue weighted by atomic mass is 35.5. The zero-order valence-electron chi connectivity index (χ0n) is 11.9. The average molecular weight is 350 g/mol. The van der Waals surface area contributed by atoms with Crippen molar-refractivity contribution in [3.63, 3.8) is 0 Å². The van der Waals surface area contributed by atoms with Crippen molar-refractivity contribution in [3.8, 4) is 0 Å². The number of anilines is 2. The van der Waals surface area contributed by atoms with Gasteiger partial charge in [-0.25, -0.2) is 4.98 Å². The highest BCUT2D eigenvalue weighted by molar-refractivity contribution is 7.19. The molecule has 0 spiro atoms. The number of aryl methyl sites for hydroxylation is 3. The van der Waals surface area contributed by atoms with Crippen LogP contribution in [0.1, 0.15) is 22.4 Å². The van der Waals surface area contributed by atoms with Gasteiger partial charge in [0, 0.05) is 15.6 Å². The van der Waals surface area contributed by atoms with Crippen molar-refractivity contribution < 1.29 is 0 Å². The van der Waals surface area contributed by atoms with Crippen LogP contribution >= 0.6 is 34.5 Å². The Morgan fingerprint density at radius 3 is 2.86 bits per heavy atom. The van der Waals surface area contributed by atoms with E-state index < -0.39 is 0 Å². The fourth-order valence-corrected chi connectivity index (χ4v) is 4.66. The Balaban J connectivity index is 1.87. The lowest BCUT2D eigenvalue weighted by Gasteiger charge is -2.11. The van der Waals surface area contributed by atoms with E-state index >= 15 is 0 Å². The molecule has 112 valence electrons. The highest BCUT2D eigenvalue weighted by Crippen LogP contribution is 2.40. The van der Waals surface area contributed by atoms with Gasteiger partial charge in [0.05, 0.1) is 5.39 Å². The molecule has 22 heavy (non-hydrogen) atoms. The van der Waals surface area contributed by atoms with E-state index in [1.807, 2.05) is 25.1 Å². The summed E-state index contributed by atoms with van der Waals surface area (Å²) in [6, 6.07) is 5.77. The van der Waals surface area contributed by atoms with Gasteiger partial charge in [-0.15, -0.1) is 11.3 Å². The summed E-state index contributed by atoms with van der Waals surface area (Å²) in [7, 11) is 0. The van der Waals surface area contributed by atoms with Crippen LogP contribution in [0.15, 0.2) is 18.2 Å². The summed E-state index contributed by atoms with van der Waals surface area (Å²) in [5, 5.41) is 5.54. The molecule has 1 aliphatic rings. The summed E-state index contributed by atoms with van der Waals surface area (Å²) in [5.74, 6) is 0.792. The minimum absolute atomic E-state index is 0.279. The van der Waals surface area contributed by atoms with Gasteiger partial charge in [-0.3, -0.25) is 0 Å². The summed E-state index contributed by atoms with van der Waals surface area (Å²) in [5.41, 5.74) is 3.44. The average Bonchev–Trinajstić information content (AvgIpc) is 3.01. The van der Waals surface area contributed by atoms with Gasteiger partial charge in [0.2, 0.25) is 5.28 Å². The quantitative estimate of drug-likeness (QED) is 0.617. The highest BCUT2D eigenvalue weighted by Gasteiger charge is 2.22. The fraction of sp³-hybridized carbons (Fsp3) is 0.250. The number of fused-ring (bicyclic) bond motifs is 3. The second kappa shape index (κ2) is 5.37. The minimum Gasteiger partial charge on any atom is -0.339 e. The number of nitrogens with one attached hydrogen (secondary N) is 1. The molecule has 4 rings (SSSR count). The second-order valence-electron chi connectivity index (χ2n) is 5.46. The normalized spacial score (nSPS) is 13.6. The summed E-state index contributed by atoms with van der Waals surface area (Å²) >= 11 is 13.9. The van der Waals surface area contributed by atoms with Crippen LogP contribution in [0, 0.1) is 6.92 Å². The van der Waals surface area contributed by atoms with Crippen LogP contribution in [0.25, 0.3) is 10.2 Å². The Labute approximate surface area is 142 Å². The second-order valence-corrected chi connectivity index (χ2v) is 7.32.